The standard InChI is InChI=1S/C20H19ClN4O2/c1-27-15-8-6-14(7-9-15)10-11-22-20(26)18-12-19(24-13-23-18)25-17-5-3-2-4-16(17)21/h2-9,12-13H,10-11H2,1H3,(H,22,26)(H,23,24,25). The zero-order valence-corrected chi connectivity index (χ0v) is 15.5. The first kappa shape index (κ1) is 18.7. The third-order valence-corrected chi connectivity index (χ3v) is 4.22. The largest absolute Gasteiger partial charge is 0.497 e. The van der Waals surface area contributed by atoms with Crippen molar-refractivity contribution in [2.24, 2.45) is 0 Å². The molecular weight excluding hydrogens is 364 g/mol. The molecule has 138 valence electrons. The Bertz CT molecular complexity index is 916. The van der Waals surface area contributed by atoms with Gasteiger partial charge < -0.3 is 15.4 Å². The van der Waals surface area contributed by atoms with E-state index in [-0.39, 0.29) is 11.6 Å². The minimum absolute atomic E-state index is 0.256. The van der Waals surface area contributed by atoms with Crippen LogP contribution in [-0.4, -0.2) is 29.5 Å². The number of nitrogens with one attached hydrogen (secondary N) is 2. The van der Waals surface area contributed by atoms with Gasteiger partial charge in [-0.1, -0.05) is 35.9 Å². The molecule has 3 rings (SSSR count). The van der Waals surface area contributed by atoms with E-state index in [4.69, 9.17) is 16.3 Å². The fraction of sp³-hybridized carbons (Fsp3) is 0.150. The van der Waals surface area contributed by atoms with E-state index in [0.717, 1.165) is 11.3 Å². The van der Waals surface area contributed by atoms with Gasteiger partial charge in [-0.25, -0.2) is 9.97 Å². The number of anilines is 2. The summed E-state index contributed by atoms with van der Waals surface area (Å²) in [5.74, 6) is 1.05. The molecule has 0 aliphatic heterocycles. The van der Waals surface area contributed by atoms with E-state index < -0.39 is 0 Å². The van der Waals surface area contributed by atoms with Gasteiger partial charge in [0, 0.05) is 12.6 Å². The molecule has 0 saturated heterocycles. The second-order valence-corrected chi connectivity index (χ2v) is 6.15. The average Bonchev–Trinajstić information content (AvgIpc) is 2.70. The van der Waals surface area contributed by atoms with Gasteiger partial charge in [-0.2, -0.15) is 0 Å². The number of ether oxygens (including phenoxy) is 1. The summed E-state index contributed by atoms with van der Waals surface area (Å²) < 4.78 is 5.13. The third-order valence-electron chi connectivity index (χ3n) is 3.89. The minimum atomic E-state index is -0.256. The number of nitrogens with zero attached hydrogens (tertiary/aromatic N) is 2. The Hall–Kier alpha value is -3.12. The molecule has 0 aliphatic carbocycles. The first-order valence-electron chi connectivity index (χ1n) is 8.40. The number of carbonyl (C=O) groups excluding carboxylic acids is 1. The lowest BCUT2D eigenvalue weighted by Gasteiger charge is -2.09. The van der Waals surface area contributed by atoms with Crippen LogP contribution in [-0.2, 0) is 6.42 Å². The van der Waals surface area contributed by atoms with Crippen LogP contribution in [0.5, 0.6) is 5.75 Å². The molecule has 2 N–H and O–H groups in total. The third kappa shape index (κ3) is 5.18. The summed E-state index contributed by atoms with van der Waals surface area (Å²) in [5.41, 5.74) is 2.11. The highest BCUT2D eigenvalue weighted by Crippen LogP contribution is 2.23. The van der Waals surface area contributed by atoms with E-state index in [9.17, 15) is 4.79 Å². The normalized spacial score (nSPS) is 10.3. The molecule has 3 aromatic rings. The number of halogens is 1. The maximum absolute atomic E-state index is 12.3. The molecule has 1 heterocycles. The summed E-state index contributed by atoms with van der Waals surface area (Å²) in [5, 5.41) is 6.52. The fourth-order valence-corrected chi connectivity index (χ4v) is 2.64. The van der Waals surface area contributed by atoms with Gasteiger partial charge in [-0.05, 0) is 36.2 Å². The van der Waals surface area contributed by atoms with Gasteiger partial charge in [-0.3, -0.25) is 4.79 Å². The Kier molecular flexibility index (Phi) is 6.22. The van der Waals surface area contributed by atoms with Gasteiger partial charge in [0.1, 0.15) is 23.6 Å². The molecule has 1 aromatic heterocycles. The molecule has 6 nitrogen and oxygen atoms in total. The predicted molar refractivity (Wildman–Crippen MR) is 106 cm³/mol. The van der Waals surface area contributed by atoms with Gasteiger partial charge in [0.15, 0.2) is 0 Å². The van der Waals surface area contributed by atoms with Crippen molar-refractivity contribution in [3.8, 4) is 5.75 Å². The number of hydrogen-bond acceptors (Lipinski definition) is 5. The molecule has 0 atom stereocenters. The van der Waals surface area contributed by atoms with Crippen molar-refractivity contribution < 1.29 is 9.53 Å². The molecule has 2 aromatic carbocycles. The Morgan fingerprint density at radius 1 is 1.11 bits per heavy atom. The van der Waals surface area contributed by atoms with Gasteiger partial charge in [0.25, 0.3) is 5.91 Å². The van der Waals surface area contributed by atoms with Gasteiger partial charge in [0.2, 0.25) is 0 Å². The molecule has 0 unspecified atom stereocenters. The van der Waals surface area contributed by atoms with Crippen molar-refractivity contribution in [2.75, 3.05) is 19.0 Å². The van der Waals surface area contributed by atoms with E-state index in [1.54, 1.807) is 19.2 Å². The zero-order chi connectivity index (χ0) is 19.1. The topological polar surface area (TPSA) is 76.1 Å². The van der Waals surface area contributed by atoms with Crippen molar-refractivity contribution in [1.29, 1.82) is 0 Å². The lowest BCUT2D eigenvalue weighted by Crippen LogP contribution is -2.26. The quantitative estimate of drug-likeness (QED) is 0.649. The molecule has 0 fully saturated rings. The summed E-state index contributed by atoms with van der Waals surface area (Å²) in [4.78, 5) is 20.5. The first-order chi connectivity index (χ1) is 13.2. The van der Waals surface area contributed by atoms with Crippen LogP contribution in [0.2, 0.25) is 5.02 Å². The highest BCUT2D eigenvalue weighted by Gasteiger charge is 2.09. The van der Waals surface area contributed by atoms with Crippen LogP contribution in [0.15, 0.2) is 60.9 Å². The van der Waals surface area contributed by atoms with Gasteiger partial charge >= 0.3 is 0 Å². The number of benzene rings is 2. The van der Waals surface area contributed by atoms with Crippen LogP contribution in [0.4, 0.5) is 11.5 Å². The van der Waals surface area contributed by atoms with E-state index in [2.05, 4.69) is 20.6 Å². The van der Waals surface area contributed by atoms with Crippen LogP contribution >= 0.6 is 11.6 Å². The summed E-state index contributed by atoms with van der Waals surface area (Å²) >= 11 is 6.13. The van der Waals surface area contributed by atoms with Crippen molar-refractivity contribution in [3.05, 3.63) is 77.2 Å². The van der Waals surface area contributed by atoms with Crippen LogP contribution < -0.4 is 15.4 Å². The van der Waals surface area contributed by atoms with Crippen LogP contribution in [0.25, 0.3) is 0 Å². The SMILES string of the molecule is COc1ccc(CCNC(=O)c2cc(Nc3ccccc3Cl)ncn2)cc1. The van der Waals surface area contributed by atoms with E-state index in [1.807, 2.05) is 42.5 Å². The molecule has 0 aliphatic rings. The molecule has 27 heavy (non-hydrogen) atoms. The van der Waals surface area contributed by atoms with E-state index >= 15 is 0 Å². The number of hydrogen-bond donors (Lipinski definition) is 2. The molecular formula is C20H19ClN4O2. The second kappa shape index (κ2) is 9.00. The summed E-state index contributed by atoms with van der Waals surface area (Å²) in [7, 11) is 1.63. The smallest absolute Gasteiger partial charge is 0.270 e. The number of para-hydroxylation sites is 1. The Morgan fingerprint density at radius 3 is 2.63 bits per heavy atom. The second-order valence-electron chi connectivity index (χ2n) is 5.75. The van der Waals surface area contributed by atoms with Crippen molar-refractivity contribution >= 4 is 29.0 Å². The molecule has 0 spiro atoms. The molecule has 7 heteroatoms. The monoisotopic (exact) mass is 382 g/mol. The zero-order valence-electron chi connectivity index (χ0n) is 14.8. The molecule has 1 amide bonds. The number of methoxy groups -OCH3 is 1. The van der Waals surface area contributed by atoms with Crippen LogP contribution in [0, 0.1) is 0 Å². The number of rotatable bonds is 7. The maximum atomic E-state index is 12.3. The number of carbonyl (C=O) groups is 1. The average molecular weight is 383 g/mol. The summed E-state index contributed by atoms with van der Waals surface area (Å²) in [6, 6.07) is 16.6. The highest BCUT2D eigenvalue weighted by molar-refractivity contribution is 6.33. The molecule has 0 radical (unpaired) electrons. The molecule has 0 saturated carbocycles. The van der Waals surface area contributed by atoms with Crippen LogP contribution in [0.3, 0.4) is 0 Å². The van der Waals surface area contributed by atoms with Crippen molar-refractivity contribution in [2.45, 2.75) is 6.42 Å². The maximum Gasteiger partial charge on any atom is 0.270 e. The Morgan fingerprint density at radius 2 is 1.89 bits per heavy atom. The van der Waals surface area contributed by atoms with Crippen molar-refractivity contribution in [3.63, 3.8) is 0 Å². The van der Waals surface area contributed by atoms with Gasteiger partial charge in [0.05, 0.1) is 17.8 Å². The predicted octanol–water partition coefficient (Wildman–Crippen LogP) is 3.85. The van der Waals surface area contributed by atoms with Crippen LogP contribution in [0.1, 0.15) is 16.1 Å². The van der Waals surface area contributed by atoms with E-state index in [1.165, 1.54) is 6.33 Å². The molecule has 0 bridgehead atoms. The minimum Gasteiger partial charge on any atom is -0.497 e. The van der Waals surface area contributed by atoms with Gasteiger partial charge in [-0.15, -0.1) is 0 Å². The summed E-state index contributed by atoms with van der Waals surface area (Å²) in [6.07, 6.45) is 2.06. The highest BCUT2D eigenvalue weighted by atomic mass is 35.5. The Labute approximate surface area is 162 Å². The number of aromatic nitrogens is 2. The Balaban J connectivity index is 1.57. The fourth-order valence-electron chi connectivity index (χ4n) is 2.45. The van der Waals surface area contributed by atoms with E-state index in [0.29, 0.717) is 29.5 Å². The first-order valence-corrected chi connectivity index (χ1v) is 8.78. The summed E-state index contributed by atoms with van der Waals surface area (Å²) in [6.45, 7) is 0.502. The number of amides is 1. The lowest BCUT2D eigenvalue weighted by molar-refractivity contribution is 0.0949. The van der Waals surface area contributed by atoms with Crippen molar-refractivity contribution in [1.82, 2.24) is 15.3 Å². The lowest BCUT2D eigenvalue weighted by atomic mass is 10.1.